The molecule has 0 aliphatic rings. The first-order chi connectivity index (χ1) is 8.95. The van der Waals surface area contributed by atoms with Crippen LogP contribution in [0, 0.1) is 11.6 Å². The fourth-order valence-electron chi connectivity index (χ4n) is 1.43. The summed E-state index contributed by atoms with van der Waals surface area (Å²) in [5, 5.41) is 1.86. The van der Waals surface area contributed by atoms with Crippen LogP contribution in [0.4, 0.5) is 24.0 Å². The molecule has 4 N–H and O–H groups in total. The molecule has 0 saturated carbocycles. The normalized spacial score (nSPS) is 10.8. The van der Waals surface area contributed by atoms with E-state index in [9.17, 15) is 12.7 Å². The standard InChI is InChI=1S/C9H6BrF3N4S2/c10-5-2-18-9(16-5)3-1-4(11)8(17(15)19-13)7(14)6(3)12/h1-2H,14-15H2. The van der Waals surface area contributed by atoms with Gasteiger partial charge in [-0.2, -0.15) is 0 Å². The Morgan fingerprint density at radius 3 is 2.63 bits per heavy atom. The molecular formula is C9H6BrF3N4S2. The monoisotopic (exact) mass is 370 g/mol. The zero-order valence-electron chi connectivity index (χ0n) is 9.03. The molecule has 0 spiro atoms. The number of hydrazine groups is 1. The Kier molecular flexibility index (Phi) is 4.23. The van der Waals surface area contributed by atoms with Crippen LogP contribution in [0.5, 0.6) is 0 Å². The summed E-state index contributed by atoms with van der Waals surface area (Å²) in [4.78, 5) is 3.97. The van der Waals surface area contributed by atoms with Crippen LogP contribution in [-0.4, -0.2) is 4.98 Å². The molecule has 1 aromatic carbocycles. The molecular weight excluding hydrogens is 365 g/mol. The van der Waals surface area contributed by atoms with Crippen LogP contribution in [0.1, 0.15) is 0 Å². The minimum absolute atomic E-state index is 0.105. The van der Waals surface area contributed by atoms with Crippen molar-refractivity contribution in [3.63, 3.8) is 0 Å². The number of anilines is 2. The van der Waals surface area contributed by atoms with Gasteiger partial charge in [-0.25, -0.2) is 24.0 Å². The van der Waals surface area contributed by atoms with Crippen molar-refractivity contribution in [1.82, 2.24) is 4.98 Å². The third kappa shape index (κ3) is 2.66. The Morgan fingerprint density at radius 2 is 2.11 bits per heavy atom. The fraction of sp³-hybridized carbons (Fsp3) is 0. The molecule has 4 nitrogen and oxygen atoms in total. The minimum Gasteiger partial charge on any atom is -0.394 e. The van der Waals surface area contributed by atoms with E-state index in [4.69, 9.17) is 11.6 Å². The lowest BCUT2D eigenvalue weighted by molar-refractivity contribution is 0.607. The van der Waals surface area contributed by atoms with Crippen LogP contribution in [-0.2, 0) is 0 Å². The summed E-state index contributed by atoms with van der Waals surface area (Å²) >= 11 is 3.75. The predicted molar refractivity (Wildman–Crippen MR) is 74.9 cm³/mol. The second kappa shape index (κ2) is 5.57. The van der Waals surface area contributed by atoms with Gasteiger partial charge in [0.15, 0.2) is 24.0 Å². The smallest absolute Gasteiger partial charge is 0.181 e. The number of nitrogens with zero attached hydrogens (tertiary/aromatic N) is 2. The highest BCUT2D eigenvalue weighted by atomic mass is 79.9. The molecule has 102 valence electrons. The molecule has 2 rings (SSSR count). The van der Waals surface area contributed by atoms with Crippen molar-refractivity contribution in [2.75, 3.05) is 10.1 Å². The lowest BCUT2D eigenvalue weighted by atomic mass is 10.1. The topological polar surface area (TPSA) is 68.2 Å². The van der Waals surface area contributed by atoms with Crippen LogP contribution in [0.25, 0.3) is 10.6 Å². The lowest BCUT2D eigenvalue weighted by Crippen LogP contribution is -2.24. The van der Waals surface area contributed by atoms with Crippen molar-refractivity contribution < 1.29 is 12.7 Å². The van der Waals surface area contributed by atoms with Crippen molar-refractivity contribution in [3.05, 3.63) is 27.7 Å². The number of rotatable bonds is 3. The second-order valence-electron chi connectivity index (χ2n) is 3.35. The number of thiazole rings is 1. The first-order valence-corrected chi connectivity index (χ1v) is 7.02. The number of nitrogen functional groups attached to an aromatic ring is 1. The summed E-state index contributed by atoms with van der Waals surface area (Å²) in [6.07, 6.45) is 0. The Hall–Kier alpha value is -0.970. The fourth-order valence-corrected chi connectivity index (χ4v) is 2.95. The minimum atomic E-state index is -0.937. The highest BCUT2D eigenvalue weighted by molar-refractivity contribution is 9.10. The highest BCUT2D eigenvalue weighted by Crippen LogP contribution is 2.38. The van der Waals surface area contributed by atoms with Gasteiger partial charge in [0.2, 0.25) is 0 Å². The lowest BCUT2D eigenvalue weighted by Gasteiger charge is -2.16. The number of aromatic nitrogens is 1. The van der Waals surface area contributed by atoms with Gasteiger partial charge < -0.3 is 5.73 Å². The Bertz CT molecular complexity index is 622. The van der Waals surface area contributed by atoms with Gasteiger partial charge in [0, 0.05) is 5.38 Å². The highest BCUT2D eigenvalue weighted by Gasteiger charge is 2.22. The van der Waals surface area contributed by atoms with Gasteiger partial charge in [0.25, 0.3) is 0 Å². The summed E-state index contributed by atoms with van der Waals surface area (Å²) in [7, 11) is 0. The van der Waals surface area contributed by atoms with Crippen LogP contribution < -0.4 is 16.0 Å². The third-order valence-corrected chi connectivity index (χ3v) is 4.14. The summed E-state index contributed by atoms with van der Waals surface area (Å²) in [5.74, 6) is 3.33. The number of hydrogen-bond donors (Lipinski definition) is 2. The Labute approximate surface area is 123 Å². The average Bonchev–Trinajstić information content (AvgIpc) is 2.80. The van der Waals surface area contributed by atoms with E-state index >= 15 is 0 Å². The number of halogens is 4. The largest absolute Gasteiger partial charge is 0.394 e. The number of benzene rings is 1. The van der Waals surface area contributed by atoms with Gasteiger partial charge in [0.1, 0.15) is 15.3 Å². The van der Waals surface area contributed by atoms with E-state index in [0.717, 1.165) is 17.4 Å². The number of nitrogens with two attached hydrogens (primary N) is 2. The van der Waals surface area contributed by atoms with Crippen molar-refractivity contribution >= 4 is 51.0 Å². The summed E-state index contributed by atoms with van der Waals surface area (Å²) in [6, 6.07) is 0.877. The van der Waals surface area contributed by atoms with E-state index in [1.807, 2.05) is 0 Å². The molecule has 0 atom stereocenters. The van der Waals surface area contributed by atoms with E-state index < -0.39 is 35.3 Å². The molecule has 2 aromatic rings. The van der Waals surface area contributed by atoms with Crippen LogP contribution in [0.2, 0.25) is 0 Å². The molecule has 0 unspecified atom stereocenters. The maximum Gasteiger partial charge on any atom is 0.181 e. The molecule has 19 heavy (non-hydrogen) atoms. The van der Waals surface area contributed by atoms with E-state index in [-0.39, 0.29) is 10.6 Å². The van der Waals surface area contributed by atoms with Gasteiger partial charge in [0.05, 0.1) is 11.3 Å². The van der Waals surface area contributed by atoms with Crippen LogP contribution in [0.15, 0.2) is 16.0 Å². The van der Waals surface area contributed by atoms with Crippen LogP contribution in [0.3, 0.4) is 0 Å². The van der Waals surface area contributed by atoms with Crippen molar-refractivity contribution in [3.8, 4) is 10.6 Å². The number of hydrogen-bond acceptors (Lipinski definition) is 6. The first-order valence-electron chi connectivity index (χ1n) is 4.68. The van der Waals surface area contributed by atoms with E-state index in [1.165, 1.54) is 0 Å². The molecule has 10 heteroatoms. The second-order valence-corrected chi connectivity index (χ2v) is 5.55. The maximum atomic E-state index is 14.1. The molecule has 0 amide bonds. The van der Waals surface area contributed by atoms with E-state index in [1.54, 1.807) is 5.38 Å². The third-order valence-electron chi connectivity index (χ3n) is 2.23. The zero-order valence-corrected chi connectivity index (χ0v) is 12.3. The van der Waals surface area contributed by atoms with E-state index in [2.05, 4.69) is 20.9 Å². The van der Waals surface area contributed by atoms with Gasteiger partial charge >= 0.3 is 0 Å². The van der Waals surface area contributed by atoms with Gasteiger partial charge in [-0.05, 0) is 22.0 Å². The van der Waals surface area contributed by atoms with Gasteiger partial charge in [-0.1, -0.05) is 0 Å². The van der Waals surface area contributed by atoms with E-state index in [0.29, 0.717) is 9.02 Å². The Morgan fingerprint density at radius 1 is 1.42 bits per heavy atom. The SMILES string of the molecule is Nc1c(F)c(-c2nc(Br)cs2)cc(F)c1N(N)SF. The maximum absolute atomic E-state index is 14.1. The zero-order chi connectivity index (χ0) is 14.2. The summed E-state index contributed by atoms with van der Waals surface area (Å²) < 4.78 is 41.1. The van der Waals surface area contributed by atoms with Crippen LogP contribution >= 0.6 is 39.6 Å². The van der Waals surface area contributed by atoms with Gasteiger partial charge in [-0.3, -0.25) is 0 Å². The van der Waals surface area contributed by atoms with Crippen molar-refractivity contribution in [2.24, 2.45) is 5.84 Å². The van der Waals surface area contributed by atoms with Crippen molar-refractivity contribution in [2.45, 2.75) is 0 Å². The molecule has 0 aliphatic heterocycles. The molecule has 1 heterocycles. The Balaban J connectivity index is 2.61. The van der Waals surface area contributed by atoms with Gasteiger partial charge in [-0.15, -0.1) is 15.2 Å². The quantitative estimate of drug-likeness (QED) is 0.373. The molecule has 0 aliphatic carbocycles. The predicted octanol–water partition coefficient (Wildman–Crippen LogP) is 3.65. The molecule has 0 radical (unpaired) electrons. The molecule has 0 fully saturated rings. The summed E-state index contributed by atoms with van der Waals surface area (Å²) in [5.41, 5.74) is 4.22. The molecule has 1 aromatic heterocycles. The summed E-state index contributed by atoms with van der Waals surface area (Å²) in [6.45, 7) is 0. The first kappa shape index (κ1) is 14.4. The van der Waals surface area contributed by atoms with Crippen molar-refractivity contribution in [1.29, 1.82) is 0 Å². The molecule has 0 bridgehead atoms. The molecule has 0 saturated heterocycles. The average molecular weight is 371 g/mol.